The number of fused-ring (bicyclic) bond motifs is 1. The molecule has 0 saturated carbocycles. The molecule has 0 N–H and O–H groups in total. The molecule has 124 valence electrons. The monoisotopic (exact) mass is 343 g/mol. The largest absolute Gasteiger partial charge is 0.372 e. The van der Waals surface area contributed by atoms with Crippen LogP contribution >= 0.6 is 11.6 Å². The summed E-state index contributed by atoms with van der Waals surface area (Å²) in [6.07, 6.45) is 3.74. The predicted octanol–water partition coefficient (Wildman–Crippen LogP) is 3.08. The second-order valence-corrected chi connectivity index (χ2v) is 6.57. The van der Waals surface area contributed by atoms with Gasteiger partial charge < -0.3 is 9.64 Å². The van der Waals surface area contributed by atoms with Gasteiger partial charge in [-0.25, -0.2) is 14.6 Å². The third-order valence-electron chi connectivity index (χ3n) is 4.12. The second kappa shape index (κ2) is 6.03. The number of anilines is 1. The van der Waals surface area contributed by atoms with Crippen molar-refractivity contribution in [2.24, 2.45) is 0 Å². The molecule has 1 aromatic carbocycles. The van der Waals surface area contributed by atoms with Crippen molar-refractivity contribution in [3.8, 4) is 5.69 Å². The minimum absolute atomic E-state index is 0.168. The van der Waals surface area contributed by atoms with Crippen LogP contribution < -0.4 is 4.90 Å². The van der Waals surface area contributed by atoms with Crippen molar-refractivity contribution in [1.29, 1.82) is 0 Å². The van der Waals surface area contributed by atoms with Crippen molar-refractivity contribution in [2.45, 2.75) is 26.1 Å². The van der Waals surface area contributed by atoms with E-state index in [4.69, 9.17) is 16.3 Å². The van der Waals surface area contributed by atoms with Gasteiger partial charge in [-0.15, -0.1) is 0 Å². The lowest BCUT2D eigenvalue weighted by Crippen LogP contribution is -2.45. The summed E-state index contributed by atoms with van der Waals surface area (Å²) in [4.78, 5) is 11.2. The van der Waals surface area contributed by atoms with Crippen LogP contribution in [0.5, 0.6) is 0 Å². The summed E-state index contributed by atoms with van der Waals surface area (Å²) in [5, 5.41) is 6.10. The summed E-state index contributed by atoms with van der Waals surface area (Å²) >= 11 is 6.10. The van der Waals surface area contributed by atoms with Gasteiger partial charge in [0.05, 0.1) is 29.5 Å². The van der Waals surface area contributed by atoms with Crippen molar-refractivity contribution in [3.63, 3.8) is 0 Å². The van der Waals surface area contributed by atoms with Gasteiger partial charge >= 0.3 is 0 Å². The first-order valence-corrected chi connectivity index (χ1v) is 8.34. The average molecular weight is 344 g/mol. The molecule has 3 aromatic rings. The van der Waals surface area contributed by atoms with Gasteiger partial charge in [0.1, 0.15) is 12.1 Å². The highest BCUT2D eigenvalue weighted by Crippen LogP contribution is 2.27. The Morgan fingerprint density at radius 1 is 1.17 bits per heavy atom. The topological polar surface area (TPSA) is 56.1 Å². The Kier molecular flexibility index (Phi) is 3.86. The van der Waals surface area contributed by atoms with E-state index in [1.165, 1.54) is 0 Å². The molecule has 1 aliphatic rings. The van der Waals surface area contributed by atoms with Crippen LogP contribution in [0.2, 0.25) is 5.02 Å². The van der Waals surface area contributed by atoms with Crippen molar-refractivity contribution >= 4 is 28.5 Å². The molecule has 0 aliphatic carbocycles. The normalized spacial score (nSPS) is 21.4. The summed E-state index contributed by atoms with van der Waals surface area (Å²) in [7, 11) is 0. The molecule has 7 heteroatoms. The van der Waals surface area contributed by atoms with Gasteiger partial charge in [-0.05, 0) is 32.0 Å². The molecular weight excluding hydrogens is 326 g/mol. The smallest absolute Gasteiger partial charge is 0.168 e. The highest BCUT2D eigenvalue weighted by Gasteiger charge is 2.25. The number of halogens is 1. The van der Waals surface area contributed by atoms with Crippen LogP contribution in [0.15, 0.2) is 36.8 Å². The van der Waals surface area contributed by atoms with Gasteiger partial charge in [0.15, 0.2) is 5.65 Å². The van der Waals surface area contributed by atoms with Crippen molar-refractivity contribution in [2.75, 3.05) is 18.0 Å². The van der Waals surface area contributed by atoms with Crippen LogP contribution in [0.4, 0.5) is 5.82 Å². The molecule has 1 aliphatic heterocycles. The number of rotatable bonds is 2. The molecule has 2 aromatic heterocycles. The maximum atomic E-state index is 6.10. The van der Waals surface area contributed by atoms with Crippen molar-refractivity contribution < 1.29 is 4.74 Å². The van der Waals surface area contributed by atoms with Gasteiger partial charge in [0, 0.05) is 18.1 Å². The molecule has 6 nitrogen and oxygen atoms in total. The molecule has 0 unspecified atom stereocenters. The molecule has 1 fully saturated rings. The summed E-state index contributed by atoms with van der Waals surface area (Å²) in [5.41, 5.74) is 1.65. The maximum absolute atomic E-state index is 6.10. The molecule has 4 rings (SSSR count). The van der Waals surface area contributed by atoms with Crippen LogP contribution in [-0.2, 0) is 4.74 Å². The Hall–Kier alpha value is -2.18. The lowest BCUT2D eigenvalue weighted by Gasteiger charge is -2.36. The highest BCUT2D eigenvalue weighted by molar-refractivity contribution is 6.30. The van der Waals surface area contributed by atoms with Crippen LogP contribution in [0.25, 0.3) is 16.7 Å². The van der Waals surface area contributed by atoms with E-state index in [1.54, 1.807) is 11.0 Å². The Labute approximate surface area is 145 Å². The standard InChI is InChI=1S/C17H18ClN5O/c1-11-8-22(9-12(2)24-11)16-15-7-21-23(17(15)20-10-19-16)14-5-3-4-13(18)6-14/h3-7,10-12H,8-9H2,1-2H3/t11-,12-/m1/s1. The van der Waals surface area contributed by atoms with Crippen LogP contribution in [0.1, 0.15) is 13.8 Å². The fourth-order valence-electron chi connectivity index (χ4n) is 3.23. The van der Waals surface area contributed by atoms with Gasteiger partial charge in [-0.3, -0.25) is 0 Å². The van der Waals surface area contributed by atoms with E-state index in [1.807, 2.05) is 30.5 Å². The van der Waals surface area contributed by atoms with E-state index in [0.29, 0.717) is 5.02 Å². The van der Waals surface area contributed by atoms with Crippen LogP contribution in [0, 0.1) is 0 Å². The first-order chi connectivity index (χ1) is 11.6. The Bertz CT molecular complexity index is 870. The summed E-state index contributed by atoms with van der Waals surface area (Å²) < 4.78 is 7.61. The van der Waals surface area contributed by atoms with E-state index in [9.17, 15) is 0 Å². The number of benzene rings is 1. The number of morpholine rings is 1. The summed E-state index contributed by atoms with van der Waals surface area (Å²) in [5.74, 6) is 0.898. The number of hydrogen-bond donors (Lipinski definition) is 0. The molecular formula is C17H18ClN5O. The Morgan fingerprint density at radius 2 is 1.96 bits per heavy atom. The van der Waals surface area contributed by atoms with E-state index < -0.39 is 0 Å². The van der Waals surface area contributed by atoms with Crippen molar-refractivity contribution in [3.05, 3.63) is 41.8 Å². The first kappa shape index (κ1) is 15.4. The number of hydrogen-bond acceptors (Lipinski definition) is 5. The van der Waals surface area contributed by atoms with Gasteiger partial charge in [-0.1, -0.05) is 17.7 Å². The Morgan fingerprint density at radius 3 is 2.71 bits per heavy atom. The quantitative estimate of drug-likeness (QED) is 0.715. The zero-order valence-corrected chi connectivity index (χ0v) is 14.3. The SMILES string of the molecule is C[C@@H]1CN(c2ncnc3c2cnn3-c2cccc(Cl)c2)C[C@@H](C)O1. The van der Waals surface area contributed by atoms with Gasteiger partial charge in [0.25, 0.3) is 0 Å². The van der Waals surface area contributed by atoms with E-state index in [2.05, 4.69) is 33.8 Å². The van der Waals surface area contributed by atoms with Gasteiger partial charge in [0.2, 0.25) is 0 Å². The molecule has 0 amide bonds. The lowest BCUT2D eigenvalue weighted by atomic mass is 10.2. The number of aromatic nitrogens is 4. The van der Waals surface area contributed by atoms with E-state index in [-0.39, 0.29) is 12.2 Å². The van der Waals surface area contributed by atoms with Crippen LogP contribution in [-0.4, -0.2) is 45.0 Å². The van der Waals surface area contributed by atoms with Crippen LogP contribution in [0.3, 0.4) is 0 Å². The molecule has 2 atom stereocenters. The van der Waals surface area contributed by atoms with E-state index >= 15 is 0 Å². The molecule has 0 bridgehead atoms. The maximum Gasteiger partial charge on any atom is 0.168 e. The minimum Gasteiger partial charge on any atom is -0.372 e. The highest BCUT2D eigenvalue weighted by atomic mass is 35.5. The Balaban J connectivity index is 1.79. The molecule has 1 saturated heterocycles. The number of nitrogens with zero attached hydrogens (tertiary/aromatic N) is 5. The molecule has 0 spiro atoms. The van der Waals surface area contributed by atoms with E-state index in [0.717, 1.165) is 35.6 Å². The summed E-state index contributed by atoms with van der Waals surface area (Å²) in [6.45, 7) is 5.77. The second-order valence-electron chi connectivity index (χ2n) is 6.13. The minimum atomic E-state index is 0.168. The lowest BCUT2D eigenvalue weighted by molar-refractivity contribution is -0.00537. The number of ether oxygens (including phenoxy) is 1. The zero-order chi connectivity index (χ0) is 16.7. The third kappa shape index (κ3) is 2.72. The fourth-order valence-corrected chi connectivity index (χ4v) is 3.42. The summed E-state index contributed by atoms with van der Waals surface area (Å²) in [6, 6.07) is 7.57. The third-order valence-corrected chi connectivity index (χ3v) is 4.35. The predicted molar refractivity (Wildman–Crippen MR) is 93.9 cm³/mol. The average Bonchev–Trinajstić information content (AvgIpc) is 2.98. The van der Waals surface area contributed by atoms with Crippen molar-refractivity contribution in [1.82, 2.24) is 19.7 Å². The first-order valence-electron chi connectivity index (χ1n) is 7.97. The molecule has 0 radical (unpaired) electrons. The zero-order valence-electron chi connectivity index (χ0n) is 13.6. The fraction of sp³-hybridized carbons (Fsp3) is 0.353. The molecule has 3 heterocycles. The van der Waals surface area contributed by atoms with Gasteiger partial charge in [-0.2, -0.15) is 5.10 Å². The molecule has 24 heavy (non-hydrogen) atoms.